The minimum Gasteiger partial charge on any atom is -0.435 e. The van der Waals surface area contributed by atoms with Gasteiger partial charge in [0.2, 0.25) is 0 Å². The highest BCUT2D eigenvalue weighted by Crippen LogP contribution is 2.14. The van der Waals surface area contributed by atoms with E-state index in [-0.39, 0.29) is 6.61 Å². The number of carbonyl (C=O) groups is 1. The van der Waals surface area contributed by atoms with Gasteiger partial charge in [-0.1, -0.05) is 0 Å². The van der Waals surface area contributed by atoms with E-state index in [0.29, 0.717) is 0 Å². The summed E-state index contributed by atoms with van der Waals surface area (Å²) >= 11 is 0. The molecule has 11 heavy (non-hydrogen) atoms. The Morgan fingerprint density at radius 3 is 2.27 bits per heavy atom. The lowest BCUT2D eigenvalue weighted by atomic mass is 10.7. The molecule has 0 unspecified atom stereocenters. The Kier molecular flexibility index (Phi) is 3.70. The van der Waals surface area contributed by atoms with Gasteiger partial charge in [-0.25, -0.2) is 4.79 Å². The lowest BCUT2D eigenvalue weighted by Gasteiger charge is -2.06. The predicted molar refractivity (Wildman–Crippen MR) is 29.0 cm³/mol. The third-order valence-electron chi connectivity index (χ3n) is 0.616. The van der Waals surface area contributed by atoms with Crippen LogP contribution in [0.3, 0.4) is 0 Å². The Hall–Kier alpha value is -0.940. The van der Waals surface area contributed by atoms with Gasteiger partial charge < -0.3 is 9.47 Å². The zero-order valence-electron chi connectivity index (χ0n) is 5.77. The molecule has 0 aromatic heterocycles. The van der Waals surface area contributed by atoms with E-state index < -0.39 is 18.9 Å². The predicted octanol–water partition coefficient (Wildman–Crippen LogP) is 1.72. The van der Waals surface area contributed by atoms with Crippen LogP contribution in [0.5, 0.6) is 0 Å². The van der Waals surface area contributed by atoms with E-state index in [9.17, 15) is 18.0 Å². The zero-order chi connectivity index (χ0) is 8.91. The quantitative estimate of drug-likeness (QED) is 0.595. The van der Waals surface area contributed by atoms with Crippen LogP contribution in [0, 0.1) is 0 Å². The smallest absolute Gasteiger partial charge is 0.435 e. The molecule has 3 nitrogen and oxygen atoms in total. The average molecular weight is 172 g/mol. The van der Waals surface area contributed by atoms with Crippen LogP contribution >= 0.6 is 0 Å². The van der Waals surface area contributed by atoms with Crippen molar-refractivity contribution in [2.75, 3.05) is 13.2 Å². The minimum atomic E-state index is -4.49. The van der Waals surface area contributed by atoms with E-state index in [0.717, 1.165) is 0 Å². The first kappa shape index (κ1) is 10.1. The number of hydrogen-bond acceptors (Lipinski definition) is 3. The molecule has 0 aliphatic rings. The highest BCUT2D eigenvalue weighted by Gasteiger charge is 2.29. The molecule has 6 heteroatoms. The molecule has 0 heterocycles. The largest absolute Gasteiger partial charge is 0.508 e. The molecule has 66 valence electrons. The molecule has 0 N–H and O–H groups in total. The summed E-state index contributed by atoms with van der Waals surface area (Å²) in [6.07, 6.45) is -5.79. The summed E-state index contributed by atoms with van der Waals surface area (Å²) in [5.41, 5.74) is 0. The highest BCUT2D eigenvalue weighted by molar-refractivity contribution is 5.59. The van der Waals surface area contributed by atoms with Crippen molar-refractivity contribution in [3.63, 3.8) is 0 Å². The summed E-state index contributed by atoms with van der Waals surface area (Å²) in [5.74, 6) is 0. The number of carbonyl (C=O) groups excluding carboxylic acids is 1. The third kappa shape index (κ3) is 6.95. The summed E-state index contributed by atoms with van der Waals surface area (Å²) in [6, 6.07) is 0. The Morgan fingerprint density at radius 2 is 1.91 bits per heavy atom. The lowest BCUT2D eigenvalue weighted by Crippen LogP contribution is -2.20. The SMILES string of the molecule is CCOC(=O)OCC(F)(F)F. The molecule has 0 aliphatic carbocycles. The van der Waals surface area contributed by atoms with Gasteiger partial charge in [-0.15, -0.1) is 0 Å². The van der Waals surface area contributed by atoms with E-state index in [1.54, 1.807) is 0 Å². The fraction of sp³-hybridized carbons (Fsp3) is 0.800. The van der Waals surface area contributed by atoms with Crippen LogP contribution in [0.15, 0.2) is 0 Å². The molecule has 0 aromatic carbocycles. The number of halogens is 3. The maximum absolute atomic E-state index is 11.3. The maximum atomic E-state index is 11.3. The van der Waals surface area contributed by atoms with Gasteiger partial charge in [0.1, 0.15) is 0 Å². The van der Waals surface area contributed by atoms with Gasteiger partial charge in [-0.2, -0.15) is 13.2 Å². The molecule has 0 spiro atoms. The van der Waals surface area contributed by atoms with Crippen LogP contribution in [0.2, 0.25) is 0 Å². The van der Waals surface area contributed by atoms with Crippen molar-refractivity contribution in [1.82, 2.24) is 0 Å². The van der Waals surface area contributed by atoms with Gasteiger partial charge in [-0.05, 0) is 6.92 Å². The van der Waals surface area contributed by atoms with Gasteiger partial charge in [0.25, 0.3) is 0 Å². The second-order valence-corrected chi connectivity index (χ2v) is 1.59. The van der Waals surface area contributed by atoms with E-state index in [1.165, 1.54) is 6.92 Å². The minimum absolute atomic E-state index is 0.00328. The summed E-state index contributed by atoms with van der Waals surface area (Å²) in [5, 5.41) is 0. The highest BCUT2D eigenvalue weighted by atomic mass is 19.4. The van der Waals surface area contributed by atoms with Gasteiger partial charge in [-0.3, -0.25) is 0 Å². The molecule has 0 rings (SSSR count). The third-order valence-corrected chi connectivity index (χ3v) is 0.616. The van der Waals surface area contributed by atoms with Gasteiger partial charge in [0.15, 0.2) is 6.61 Å². The molecule has 0 bridgehead atoms. The van der Waals surface area contributed by atoms with Crippen LogP contribution in [0.4, 0.5) is 18.0 Å². The first-order chi connectivity index (χ1) is 4.95. The summed E-state index contributed by atoms with van der Waals surface area (Å²) in [6.45, 7) is -0.141. The van der Waals surface area contributed by atoms with Crippen LogP contribution in [-0.2, 0) is 9.47 Å². The van der Waals surface area contributed by atoms with E-state index in [2.05, 4.69) is 9.47 Å². The number of alkyl halides is 3. The second-order valence-electron chi connectivity index (χ2n) is 1.59. The van der Waals surface area contributed by atoms with Crippen LogP contribution in [-0.4, -0.2) is 25.5 Å². The number of rotatable bonds is 2. The Morgan fingerprint density at radius 1 is 1.36 bits per heavy atom. The molecular weight excluding hydrogens is 165 g/mol. The molecule has 0 aliphatic heterocycles. The van der Waals surface area contributed by atoms with E-state index in [1.807, 2.05) is 0 Å². The molecule has 0 fully saturated rings. The Labute approximate surface area is 61.1 Å². The second kappa shape index (κ2) is 4.05. The van der Waals surface area contributed by atoms with Crippen molar-refractivity contribution in [2.45, 2.75) is 13.1 Å². The molecule has 0 saturated carbocycles. The van der Waals surface area contributed by atoms with Crippen LogP contribution in [0.1, 0.15) is 6.92 Å². The molecular formula is C5H7F3O3. The van der Waals surface area contributed by atoms with Gasteiger partial charge in [0, 0.05) is 0 Å². The Bertz CT molecular complexity index is 131. The Balaban J connectivity index is 3.46. The van der Waals surface area contributed by atoms with E-state index >= 15 is 0 Å². The fourth-order valence-electron chi connectivity index (χ4n) is 0.300. The standard InChI is InChI=1S/C5H7F3O3/c1-2-10-4(9)11-3-5(6,7)8/h2-3H2,1H3. The lowest BCUT2D eigenvalue weighted by molar-refractivity contribution is -0.165. The number of ether oxygens (including phenoxy) is 2. The summed E-state index contributed by atoms with van der Waals surface area (Å²) < 4.78 is 41.7. The van der Waals surface area contributed by atoms with Crippen LogP contribution < -0.4 is 0 Å². The number of hydrogen-bond donors (Lipinski definition) is 0. The summed E-state index contributed by atoms with van der Waals surface area (Å²) in [4.78, 5) is 10.1. The van der Waals surface area contributed by atoms with E-state index in [4.69, 9.17) is 0 Å². The first-order valence-electron chi connectivity index (χ1n) is 2.82. The van der Waals surface area contributed by atoms with Crippen molar-refractivity contribution < 1.29 is 27.4 Å². The van der Waals surface area contributed by atoms with Crippen molar-refractivity contribution in [2.24, 2.45) is 0 Å². The van der Waals surface area contributed by atoms with Gasteiger partial charge >= 0.3 is 12.3 Å². The fourth-order valence-corrected chi connectivity index (χ4v) is 0.300. The van der Waals surface area contributed by atoms with Crippen molar-refractivity contribution in [1.29, 1.82) is 0 Å². The average Bonchev–Trinajstić information content (AvgIpc) is 1.83. The molecule has 0 radical (unpaired) electrons. The first-order valence-corrected chi connectivity index (χ1v) is 2.82. The van der Waals surface area contributed by atoms with Crippen molar-refractivity contribution in [3.8, 4) is 0 Å². The monoisotopic (exact) mass is 172 g/mol. The molecule has 0 atom stereocenters. The van der Waals surface area contributed by atoms with Gasteiger partial charge in [0.05, 0.1) is 6.61 Å². The molecule has 0 aromatic rings. The molecule has 0 saturated heterocycles. The van der Waals surface area contributed by atoms with Crippen molar-refractivity contribution in [3.05, 3.63) is 0 Å². The maximum Gasteiger partial charge on any atom is 0.508 e. The van der Waals surface area contributed by atoms with Crippen LogP contribution in [0.25, 0.3) is 0 Å². The molecule has 0 amide bonds. The zero-order valence-corrected chi connectivity index (χ0v) is 5.77. The summed E-state index contributed by atoms with van der Waals surface area (Å²) in [7, 11) is 0. The topological polar surface area (TPSA) is 35.5 Å². The normalized spacial score (nSPS) is 10.9. The van der Waals surface area contributed by atoms with Crippen molar-refractivity contribution >= 4 is 6.16 Å².